The Morgan fingerprint density at radius 2 is 1.75 bits per heavy atom. The Morgan fingerprint density at radius 3 is 2.31 bits per heavy atom. The normalized spacial score (nSPS) is 10.5. The van der Waals surface area contributed by atoms with Crippen molar-refractivity contribution in [2.24, 2.45) is 16.0 Å². The second kappa shape index (κ2) is 5.70. The van der Waals surface area contributed by atoms with Crippen molar-refractivity contribution in [1.82, 2.24) is 0 Å². The van der Waals surface area contributed by atoms with Crippen molar-refractivity contribution in [1.29, 1.82) is 0 Å². The van der Waals surface area contributed by atoms with Crippen LogP contribution in [0.1, 0.15) is 12.8 Å². The van der Waals surface area contributed by atoms with Gasteiger partial charge in [-0.3, -0.25) is 0 Å². The maximum absolute atomic E-state index is 5.55. The average molecular weight is 216 g/mol. The zero-order chi connectivity index (χ0) is 12.0. The van der Waals surface area contributed by atoms with Crippen molar-refractivity contribution in [3.8, 4) is 0 Å². The second-order valence-electron chi connectivity index (χ2n) is 3.52. The van der Waals surface area contributed by atoms with Gasteiger partial charge in [0.1, 0.15) is 0 Å². The Kier molecular flexibility index (Phi) is 4.27. The van der Waals surface area contributed by atoms with Gasteiger partial charge in [-0.2, -0.15) is 10.2 Å². The lowest BCUT2D eigenvalue weighted by atomic mass is 10.2. The molecular weight excluding hydrogens is 200 g/mol. The lowest BCUT2D eigenvalue weighted by Gasteiger charge is -1.98. The van der Waals surface area contributed by atoms with Crippen molar-refractivity contribution < 1.29 is 0 Å². The predicted octanol–water partition coefficient (Wildman–Crippen LogP) is 3.12. The average Bonchev–Trinajstić information content (AvgIpc) is 2.25. The van der Waals surface area contributed by atoms with Crippen LogP contribution < -0.4 is 11.5 Å². The highest BCUT2D eigenvalue weighted by Gasteiger charge is 1.94. The SMILES string of the molecule is C=C(N)CCC(=C)N=Nc1ccc(N)cc1. The van der Waals surface area contributed by atoms with E-state index in [1.54, 1.807) is 24.3 Å². The monoisotopic (exact) mass is 216 g/mol. The first-order chi connectivity index (χ1) is 7.58. The number of anilines is 1. The highest BCUT2D eigenvalue weighted by atomic mass is 15.1. The molecule has 0 amide bonds. The Balaban J connectivity index is 2.50. The van der Waals surface area contributed by atoms with E-state index >= 15 is 0 Å². The first-order valence-corrected chi connectivity index (χ1v) is 4.96. The minimum absolute atomic E-state index is 0.629. The molecule has 0 aliphatic carbocycles. The Morgan fingerprint density at radius 1 is 1.12 bits per heavy atom. The van der Waals surface area contributed by atoms with E-state index in [9.17, 15) is 0 Å². The molecule has 4 nitrogen and oxygen atoms in total. The number of hydrogen-bond acceptors (Lipinski definition) is 4. The summed E-state index contributed by atoms with van der Waals surface area (Å²) in [5.41, 5.74) is 13.8. The van der Waals surface area contributed by atoms with Crippen molar-refractivity contribution in [3.63, 3.8) is 0 Å². The number of rotatable bonds is 5. The van der Waals surface area contributed by atoms with E-state index in [1.165, 1.54) is 0 Å². The number of benzene rings is 1. The van der Waals surface area contributed by atoms with Gasteiger partial charge in [0.2, 0.25) is 0 Å². The number of nitrogens with two attached hydrogens (primary N) is 2. The standard InChI is InChI=1S/C12H16N4/c1-9(13)3-4-10(2)15-16-12-7-5-11(14)6-8-12/h5-8H,1-4,13-14H2. The minimum atomic E-state index is 0.629. The van der Waals surface area contributed by atoms with Crippen molar-refractivity contribution in [2.45, 2.75) is 12.8 Å². The van der Waals surface area contributed by atoms with Crippen LogP contribution in [0.15, 0.2) is 59.0 Å². The smallest absolute Gasteiger partial charge is 0.0858 e. The van der Waals surface area contributed by atoms with E-state index in [4.69, 9.17) is 11.5 Å². The van der Waals surface area contributed by atoms with Gasteiger partial charge in [-0.1, -0.05) is 13.2 Å². The summed E-state index contributed by atoms with van der Waals surface area (Å²) in [6.45, 7) is 7.38. The van der Waals surface area contributed by atoms with Crippen LogP contribution in [0, 0.1) is 0 Å². The third-order valence-corrected chi connectivity index (χ3v) is 1.93. The van der Waals surface area contributed by atoms with Gasteiger partial charge in [0.25, 0.3) is 0 Å². The lowest BCUT2D eigenvalue weighted by Crippen LogP contribution is -1.94. The number of azo groups is 1. The highest BCUT2D eigenvalue weighted by Crippen LogP contribution is 2.16. The van der Waals surface area contributed by atoms with Gasteiger partial charge in [-0.25, -0.2) is 0 Å². The molecule has 1 aromatic carbocycles. The molecule has 84 valence electrons. The molecular formula is C12H16N4. The molecule has 0 radical (unpaired) electrons. The van der Waals surface area contributed by atoms with Gasteiger partial charge in [-0.05, 0) is 37.1 Å². The summed E-state index contributed by atoms with van der Waals surface area (Å²) in [4.78, 5) is 0. The van der Waals surface area contributed by atoms with Crippen LogP contribution in [-0.4, -0.2) is 0 Å². The Hall–Kier alpha value is -2.10. The van der Waals surface area contributed by atoms with Gasteiger partial charge < -0.3 is 11.5 Å². The minimum Gasteiger partial charge on any atom is -0.403 e. The largest absolute Gasteiger partial charge is 0.403 e. The first-order valence-electron chi connectivity index (χ1n) is 4.96. The maximum Gasteiger partial charge on any atom is 0.0858 e. The molecule has 0 aliphatic heterocycles. The molecule has 1 aromatic rings. The van der Waals surface area contributed by atoms with E-state index in [2.05, 4.69) is 23.4 Å². The fourth-order valence-electron chi connectivity index (χ4n) is 1.02. The lowest BCUT2D eigenvalue weighted by molar-refractivity contribution is 0.886. The molecule has 0 aromatic heterocycles. The molecule has 0 unspecified atom stereocenters. The van der Waals surface area contributed by atoms with Crippen LogP contribution in [0.4, 0.5) is 11.4 Å². The molecule has 0 saturated carbocycles. The van der Waals surface area contributed by atoms with Crippen molar-refractivity contribution in [2.75, 3.05) is 5.73 Å². The molecule has 0 spiro atoms. The molecule has 1 rings (SSSR count). The summed E-state index contributed by atoms with van der Waals surface area (Å²) < 4.78 is 0. The van der Waals surface area contributed by atoms with E-state index in [-0.39, 0.29) is 0 Å². The molecule has 0 atom stereocenters. The second-order valence-corrected chi connectivity index (χ2v) is 3.52. The third kappa shape index (κ3) is 4.41. The fourth-order valence-corrected chi connectivity index (χ4v) is 1.02. The van der Waals surface area contributed by atoms with E-state index in [0.717, 1.165) is 5.69 Å². The molecule has 0 bridgehead atoms. The van der Waals surface area contributed by atoms with Crippen LogP contribution in [0.5, 0.6) is 0 Å². The number of allylic oxidation sites excluding steroid dienone is 2. The van der Waals surface area contributed by atoms with Gasteiger partial charge >= 0.3 is 0 Å². The number of nitrogens with zero attached hydrogens (tertiary/aromatic N) is 2. The van der Waals surface area contributed by atoms with Gasteiger partial charge in [0.05, 0.1) is 11.4 Å². The van der Waals surface area contributed by atoms with Crippen LogP contribution in [0.2, 0.25) is 0 Å². The quantitative estimate of drug-likeness (QED) is 0.586. The van der Waals surface area contributed by atoms with Crippen LogP contribution in [0.25, 0.3) is 0 Å². The fraction of sp³-hybridized carbons (Fsp3) is 0.167. The molecule has 16 heavy (non-hydrogen) atoms. The Labute approximate surface area is 95.4 Å². The van der Waals surface area contributed by atoms with Gasteiger partial charge in [-0.15, -0.1) is 0 Å². The Bertz CT molecular complexity index is 404. The summed E-state index contributed by atoms with van der Waals surface area (Å²) in [5.74, 6) is 0. The highest BCUT2D eigenvalue weighted by molar-refractivity contribution is 5.47. The van der Waals surface area contributed by atoms with Crippen molar-refractivity contribution in [3.05, 3.63) is 48.8 Å². The summed E-state index contributed by atoms with van der Waals surface area (Å²) >= 11 is 0. The summed E-state index contributed by atoms with van der Waals surface area (Å²) in [6, 6.07) is 7.15. The molecule has 4 heteroatoms. The molecule has 0 saturated heterocycles. The van der Waals surface area contributed by atoms with Gasteiger partial charge in [0, 0.05) is 11.4 Å². The molecule has 0 fully saturated rings. The van der Waals surface area contributed by atoms with Crippen molar-refractivity contribution >= 4 is 11.4 Å². The number of hydrogen-bond donors (Lipinski definition) is 2. The van der Waals surface area contributed by atoms with E-state index < -0.39 is 0 Å². The third-order valence-electron chi connectivity index (χ3n) is 1.93. The van der Waals surface area contributed by atoms with E-state index in [0.29, 0.717) is 29.9 Å². The topological polar surface area (TPSA) is 76.8 Å². The van der Waals surface area contributed by atoms with Crippen LogP contribution in [0.3, 0.4) is 0 Å². The van der Waals surface area contributed by atoms with Crippen LogP contribution in [-0.2, 0) is 0 Å². The molecule has 4 N–H and O–H groups in total. The zero-order valence-corrected chi connectivity index (χ0v) is 9.19. The maximum atomic E-state index is 5.55. The molecule has 0 heterocycles. The van der Waals surface area contributed by atoms with Crippen LogP contribution >= 0.6 is 0 Å². The van der Waals surface area contributed by atoms with E-state index in [1.807, 2.05) is 0 Å². The molecule has 0 aliphatic rings. The van der Waals surface area contributed by atoms with Gasteiger partial charge in [0.15, 0.2) is 0 Å². The number of nitrogen functional groups attached to an aromatic ring is 1. The zero-order valence-electron chi connectivity index (χ0n) is 9.19. The first kappa shape index (κ1) is 12.0. The summed E-state index contributed by atoms with van der Waals surface area (Å²) in [5, 5.41) is 8.01. The summed E-state index contributed by atoms with van der Waals surface area (Å²) in [6.07, 6.45) is 1.35. The predicted molar refractivity (Wildman–Crippen MR) is 67.1 cm³/mol. The summed E-state index contributed by atoms with van der Waals surface area (Å²) in [7, 11) is 0.